The predicted octanol–water partition coefficient (Wildman–Crippen LogP) is 3.40. The second-order valence-electron chi connectivity index (χ2n) is 5.24. The number of hydrogen-bond donors (Lipinski definition) is 1. The van der Waals surface area contributed by atoms with Crippen molar-refractivity contribution in [3.63, 3.8) is 0 Å². The molecule has 1 N–H and O–H groups in total. The molecule has 1 aliphatic carbocycles. The summed E-state index contributed by atoms with van der Waals surface area (Å²) in [6.07, 6.45) is 6.25. The van der Waals surface area contributed by atoms with Crippen LogP contribution in [0.3, 0.4) is 0 Å². The minimum absolute atomic E-state index is 0.140. The highest BCUT2D eigenvalue weighted by Crippen LogP contribution is 2.29. The molecule has 1 aromatic carbocycles. The molecule has 0 atom stereocenters. The Hall–Kier alpha value is -2.14. The maximum absolute atomic E-state index is 12.1. The number of hydrogen-bond acceptors (Lipinski definition) is 4. The van der Waals surface area contributed by atoms with Crippen LogP contribution in [0.25, 0.3) is 0 Å². The number of nitrogens with zero attached hydrogens (tertiary/aromatic N) is 1. The number of aryl methyl sites for hydroxylation is 2. The zero-order valence-corrected chi connectivity index (χ0v) is 13.3. The van der Waals surface area contributed by atoms with Crippen LogP contribution in [0.1, 0.15) is 38.5 Å². The number of fused-ring (bicyclic) bond motifs is 1. The average molecular weight is 314 g/mol. The lowest BCUT2D eigenvalue weighted by atomic mass is 9.99. The number of rotatable bonds is 4. The standard InChI is InChI=1S/C17H18N2O2S/c1-21-14-7-4-5-12(9-14)11-18-19-17(20)16-10-13-6-2-3-8-15(13)22-16/h4-5,7,9-11H,2-3,6,8H2,1H3,(H,19,20). The predicted molar refractivity (Wildman–Crippen MR) is 89.0 cm³/mol. The van der Waals surface area contributed by atoms with Gasteiger partial charge in [-0.2, -0.15) is 5.10 Å². The molecule has 22 heavy (non-hydrogen) atoms. The van der Waals surface area contributed by atoms with Gasteiger partial charge in [0.1, 0.15) is 5.75 Å². The molecule has 0 bridgehead atoms. The summed E-state index contributed by atoms with van der Waals surface area (Å²) in [6.45, 7) is 0. The molecule has 3 rings (SSSR count). The van der Waals surface area contributed by atoms with Crippen LogP contribution in [0.5, 0.6) is 5.75 Å². The highest BCUT2D eigenvalue weighted by molar-refractivity contribution is 7.14. The highest BCUT2D eigenvalue weighted by atomic mass is 32.1. The molecule has 0 fully saturated rings. The van der Waals surface area contributed by atoms with Crippen LogP contribution in [-0.4, -0.2) is 19.2 Å². The molecule has 4 nitrogen and oxygen atoms in total. The lowest BCUT2D eigenvalue weighted by Crippen LogP contribution is -2.16. The number of benzene rings is 1. The van der Waals surface area contributed by atoms with Gasteiger partial charge in [0.05, 0.1) is 18.2 Å². The van der Waals surface area contributed by atoms with E-state index in [9.17, 15) is 4.79 Å². The van der Waals surface area contributed by atoms with Gasteiger partial charge >= 0.3 is 0 Å². The zero-order chi connectivity index (χ0) is 15.4. The Bertz CT molecular complexity index is 683. The van der Waals surface area contributed by atoms with Crippen LogP contribution in [0.4, 0.5) is 0 Å². The van der Waals surface area contributed by atoms with Crippen molar-refractivity contribution >= 4 is 23.5 Å². The molecule has 1 aromatic heterocycles. The minimum atomic E-state index is -0.140. The number of carbonyl (C=O) groups excluding carboxylic acids is 1. The summed E-state index contributed by atoms with van der Waals surface area (Å²) in [4.78, 5) is 14.2. The minimum Gasteiger partial charge on any atom is -0.497 e. The maximum Gasteiger partial charge on any atom is 0.281 e. The van der Waals surface area contributed by atoms with E-state index in [1.54, 1.807) is 24.7 Å². The first-order chi connectivity index (χ1) is 10.8. The topological polar surface area (TPSA) is 50.7 Å². The number of ether oxygens (including phenoxy) is 1. The Labute approximate surface area is 133 Å². The molecule has 0 spiro atoms. The number of amides is 1. The fraction of sp³-hybridized carbons (Fsp3) is 0.294. The quantitative estimate of drug-likeness (QED) is 0.694. The van der Waals surface area contributed by atoms with Crippen LogP contribution < -0.4 is 10.2 Å². The van der Waals surface area contributed by atoms with Crippen molar-refractivity contribution in [1.29, 1.82) is 0 Å². The fourth-order valence-corrected chi connectivity index (χ4v) is 3.69. The van der Waals surface area contributed by atoms with Gasteiger partial charge < -0.3 is 4.74 Å². The summed E-state index contributed by atoms with van der Waals surface area (Å²) >= 11 is 1.59. The molecule has 2 aromatic rings. The Morgan fingerprint density at radius 3 is 3.00 bits per heavy atom. The Kier molecular flexibility index (Phi) is 4.53. The molecule has 0 radical (unpaired) electrons. The van der Waals surface area contributed by atoms with E-state index >= 15 is 0 Å². The molecule has 0 aliphatic heterocycles. The number of carbonyl (C=O) groups is 1. The van der Waals surface area contributed by atoms with E-state index < -0.39 is 0 Å². The van der Waals surface area contributed by atoms with Gasteiger partial charge in [-0.3, -0.25) is 4.79 Å². The van der Waals surface area contributed by atoms with E-state index in [0.29, 0.717) is 0 Å². The molecule has 1 aliphatic rings. The van der Waals surface area contributed by atoms with Gasteiger partial charge in [0.25, 0.3) is 5.91 Å². The van der Waals surface area contributed by atoms with Gasteiger partial charge in [0, 0.05) is 4.88 Å². The number of hydrazone groups is 1. The van der Waals surface area contributed by atoms with Crippen molar-refractivity contribution in [2.45, 2.75) is 25.7 Å². The zero-order valence-electron chi connectivity index (χ0n) is 12.5. The van der Waals surface area contributed by atoms with E-state index in [1.807, 2.05) is 30.3 Å². The van der Waals surface area contributed by atoms with Crippen LogP contribution in [0.2, 0.25) is 0 Å². The third-order valence-corrected chi connectivity index (χ3v) is 4.93. The third-order valence-electron chi connectivity index (χ3n) is 3.69. The van der Waals surface area contributed by atoms with Crippen molar-refractivity contribution in [2.24, 2.45) is 5.10 Å². The van der Waals surface area contributed by atoms with Gasteiger partial charge in [-0.1, -0.05) is 12.1 Å². The van der Waals surface area contributed by atoms with Crippen LogP contribution in [0.15, 0.2) is 35.4 Å². The lowest BCUT2D eigenvalue weighted by Gasteiger charge is -2.08. The van der Waals surface area contributed by atoms with Crippen LogP contribution in [-0.2, 0) is 12.8 Å². The smallest absolute Gasteiger partial charge is 0.281 e. The molecule has 1 amide bonds. The highest BCUT2D eigenvalue weighted by Gasteiger charge is 2.16. The lowest BCUT2D eigenvalue weighted by molar-refractivity contribution is 0.0959. The molecular formula is C17H18N2O2S. The van der Waals surface area contributed by atoms with E-state index in [0.717, 1.165) is 29.0 Å². The first-order valence-corrected chi connectivity index (χ1v) is 8.17. The van der Waals surface area contributed by atoms with Gasteiger partial charge in [-0.15, -0.1) is 11.3 Å². The maximum atomic E-state index is 12.1. The second kappa shape index (κ2) is 6.75. The van der Waals surface area contributed by atoms with E-state index in [-0.39, 0.29) is 5.91 Å². The molecule has 5 heteroatoms. The monoisotopic (exact) mass is 314 g/mol. The van der Waals surface area contributed by atoms with Gasteiger partial charge in [-0.05, 0) is 55.0 Å². The van der Waals surface area contributed by atoms with Crippen molar-refractivity contribution < 1.29 is 9.53 Å². The van der Waals surface area contributed by atoms with E-state index in [4.69, 9.17) is 4.74 Å². The first kappa shape index (κ1) is 14.8. The molecular weight excluding hydrogens is 296 g/mol. The van der Waals surface area contributed by atoms with Crippen LogP contribution in [0, 0.1) is 0 Å². The Morgan fingerprint density at radius 2 is 2.18 bits per heavy atom. The largest absolute Gasteiger partial charge is 0.497 e. The summed E-state index contributed by atoms with van der Waals surface area (Å²) in [5, 5.41) is 4.03. The van der Waals surface area contributed by atoms with E-state index in [2.05, 4.69) is 10.5 Å². The van der Waals surface area contributed by atoms with Gasteiger partial charge in [-0.25, -0.2) is 5.43 Å². The molecule has 0 unspecified atom stereocenters. The molecule has 0 saturated carbocycles. The SMILES string of the molecule is COc1cccc(C=NNC(=O)c2cc3c(s2)CCCC3)c1. The Balaban J connectivity index is 1.64. The molecule has 114 valence electrons. The van der Waals surface area contributed by atoms with E-state index in [1.165, 1.54) is 23.3 Å². The summed E-state index contributed by atoms with van der Waals surface area (Å²) in [5.74, 6) is 0.625. The summed E-state index contributed by atoms with van der Waals surface area (Å²) < 4.78 is 5.15. The van der Waals surface area contributed by atoms with Crippen molar-refractivity contribution in [2.75, 3.05) is 7.11 Å². The van der Waals surface area contributed by atoms with Crippen molar-refractivity contribution in [3.05, 3.63) is 51.2 Å². The first-order valence-electron chi connectivity index (χ1n) is 7.35. The average Bonchev–Trinajstić information content (AvgIpc) is 2.99. The number of thiophene rings is 1. The Morgan fingerprint density at radius 1 is 1.32 bits per heavy atom. The van der Waals surface area contributed by atoms with Crippen molar-refractivity contribution in [1.82, 2.24) is 5.43 Å². The number of methoxy groups -OCH3 is 1. The molecule has 1 heterocycles. The molecule has 0 saturated heterocycles. The summed E-state index contributed by atoms with van der Waals surface area (Å²) in [6, 6.07) is 9.53. The van der Waals surface area contributed by atoms with Crippen LogP contribution >= 0.6 is 11.3 Å². The second-order valence-corrected chi connectivity index (χ2v) is 6.38. The summed E-state index contributed by atoms with van der Waals surface area (Å²) in [5.41, 5.74) is 4.81. The van der Waals surface area contributed by atoms with Gasteiger partial charge in [0.2, 0.25) is 0 Å². The third kappa shape index (κ3) is 3.36. The van der Waals surface area contributed by atoms with Gasteiger partial charge in [0.15, 0.2) is 0 Å². The normalized spacial score (nSPS) is 13.9. The summed E-state index contributed by atoms with van der Waals surface area (Å²) in [7, 11) is 1.62. The number of nitrogens with one attached hydrogen (secondary N) is 1. The fourth-order valence-electron chi connectivity index (χ4n) is 2.54. The van der Waals surface area contributed by atoms with Crippen molar-refractivity contribution in [3.8, 4) is 5.75 Å².